The van der Waals surface area contributed by atoms with Gasteiger partial charge in [0.2, 0.25) is 0 Å². The number of nitrogens with two attached hydrogens (primary N) is 1. The normalized spacial score (nSPS) is 12.2. The van der Waals surface area contributed by atoms with Crippen molar-refractivity contribution in [1.29, 1.82) is 0 Å². The Hall–Kier alpha value is -2.04. The molecule has 2 aromatic rings. The highest BCUT2D eigenvalue weighted by molar-refractivity contribution is 5.89. The summed E-state index contributed by atoms with van der Waals surface area (Å²) in [5, 5.41) is 16.8. The van der Waals surface area contributed by atoms with E-state index in [-0.39, 0.29) is 5.84 Å². The minimum absolute atomic E-state index is 0.166. The number of benzene rings is 1. The zero-order valence-electron chi connectivity index (χ0n) is 8.38. The van der Waals surface area contributed by atoms with Crippen LogP contribution >= 0.6 is 0 Å². The highest BCUT2D eigenvalue weighted by atomic mass is 16.4. The summed E-state index contributed by atoms with van der Waals surface area (Å²) in [6.07, 6.45) is 0.359. The molecule has 0 aliphatic heterocycles. The topological polar surface area (TPSA) is 76.4 Å². The summed E-state index contributed by atoms with van der Waals surface area (Å²) >= 11 is 0. The standard InChI is InChI=1S/C10H12N4O/c1-14-9-5-3-2-4-7(9)8(12-14)6-10(11)13-15/h2-5,15H,6H2,1H3,(H2,11,13). The van der Waals surface area contributed by atoms with E-state index in [0.717, 1.165) is 16.6 Å². The van der Waals surface area contributed by atoms with Gasteiger partial charge in [-0.25, -0.2) is 0 Å². The van der Waals surface area contributed by atoms with Crippen LogP contribution in [-0.2, 0) is 13.5 Å². The van der Waals surface area contributed by atoms with E-state index in [1.165, 1.54) is 0 Å². The summed E-state index contributed by atoms with van der Waals surface area (Å²) in [6.45, 7) is 0. The molecule has 5 heteroatoms. The molecule has 0 radical (unpaired) electrons. The van der Waals surface area contributed by atoms with Crippen molar-refractivity contribution in [2.75, 3.05) is 0 Å². The Balaban J connectivity index is 2.52. The number of aromatic nitrogens is 2. The molecule has 0 aliphatic rings. The van der Waals surface area contributed by atoms with Crippen molar-refractivity contribution in [1.82, 2.24) is 9.78 Å². The second-order valence-electron chi connectivity index (χ2n) is 3.36. The van der Waals surface area contributed by atoms with Crippen molar-refractivity contribution < 1.29 is 5.21 Å². The lowest BCUT2D eigenvalue weighted by Gasteiger charge is -1.94. The van der Waals surface area contributed by atoms with Crippen LogP contribution in [-0.4, -0.2) is 20.8 Å². The van der Waals surface area contributed by atoms with Gasteiger partial charge in [-0.15, -0.1) is 0 Å². The number of nitrogens with zero attached hydrogens (tertiary/aromatic N) is 3. The lowest BCUT2D eigenvalue weighted by Crippen LogP contribution is -2.15. The van der Waals surface area contributed by atoms with E-state index in [9.17, 15) is 0 Å². The van der Waals surface area contributed by atoms with Gasteiger partial charge >= 0.3 is 0 Å². The summed E-state index contributed by atoms with van der Waals surface area (Å²) in [7, 11) is 1.87. The van der Waals surface area contributed by atoms with Crippen molar-refractivity contribution in [2.45, 2.75) is 6.42 Å². The van der Waals surface area contributed by atoms with Gasteiger partial charge in [-0.3, -0.25) is 4.68 Å². The SMILES string of the molecule is Cn1nc(CC(N)=NO)c2ccccc21. The maximum atomic E-state index is 8.50. The summed E-state index contributed by atoms with van der Waals surface area (Å²) in [5.41, 5.74) is 7.32. The van der Waals surface area contributed by atoms with Gasteiger partial charge in [0.25, 0.3) is 0 Å². The third-order valence-corrected chi connectivity index (χ3v) is 2.31. The molecule has 0 fully saturated rings. The smallest absolute Gasteiger partial charge is 0.145 e. The highest BCUT2D eigenvalue weighted by Gasteiger charge is 2.08. The van der Waals surface area contributed by atoms with Crippen LogP contribution in [0.2, 0.25) is 0 Å². The van der Waals surface area contributed by atoms with E-state index < -0.39 is 0 Å². The maximum absolute atomic E-state index is 8.50. The number of hydrogen-bond donors (Lipinski definition) is 2. The predicted molar refractivity (Wildman–Crippen MR) is 57.8 cm³/mol. The molecular weight excluding hydrogens is 192 g/mol. The molecule has 3 N–H and O–H groups in total. The molecule has 0 atom stereocenters. The minimum Gasteiger partial charge on any atom is -0.409 e. The molecule has 2 rings (SSSR count). The first-order chi connectivity index (χ1) is 7.22. The first kappa shape index (κ1) is 9.51. The lowest BCUT2D eigenvalue weighted by atomic mass is 10.1. The Morgan fingerprint density at radius 3 is 3.00 bits per heavy atom. The number of aryl methyl sites for hydroxylation is 1. The van der Waals surface area contributed by atoms with Crippen LogP contribution in [0, 0.1) is 0 Å². The van der Waals surface area contributed by atoms with Gasteiger partial charge in [-0.1, -0.05) is 23.4 Å². The Bertz CT molecular complexity index is 515. The minimum atomic E-state index is 0.166. The maximum Gasteiger partial charge on any atom is 0.145 e. The van der Waals surface area contributed by atoms with Crippen LogP contribution in [0.3, 0.4) is 0 Å². The Labute approximate surface area is 86.8 Å². The van der Waals surface area contributed by atoms with Crippen molar-refractivity contribution >= 4 is 16.7 Å². The van der Waals surface area contributed by atoms with E-state index in [0.29, 0.717) is 6.42 Å². The Kier molecular flexibility index (Phi) is 2.29. The number of hydrogen-bond acceptors (Lipinski definition) is 3. The molecule has 1 aromatic carbocycles. The average Bonchev–Trinajstić information content (AvgIpc) is 2.57. The van der Waals surface area contributed by atoms with Crippen LogP contribution in [0.25, 0.3) is 10.9 Å². The predicted octanol–water partition coefficient (Wildman–Crippen LogP) is 0.862. The Morgan fingerprint density at radius 1 is 1.53 bits per heavy atom. The second kappa shape index (κ2) is 3.61. The van der Waals surface area contributed by atoms with E-state index in [2.05, 4.69) is 10.3 Å². The van der Waals surface area contributed by atoms with E-state index in [1.54, 1.807) is 4.68 Å². The fraction of sp³-hybridized carbons (Fsp3) is 0.200. The largest absolute Gasteiger partial charge is 0.409 e. The molecule has 0 aliphatic carbocycles. The molecule has 1 heterocycles. The fourth-order valence-electron chi connectivity index (χ4n) is 1.63. The van der Waals surface area contributed by atoms with Gasteiger partial charge in [0, 0.05) is 12.4 Å². The van der Waals surface area contributed by atoms with Crippen LogP contribution < -0.4 is 5.73 Å². The quantitative estimate of drug-likeness (QED) is 0.330. The van der Waals surface area contributed by atoms with Crippen molar-refractivity contribution in [2.24, 2.45) is 17.9 Å². The van der Waals surface area contributed by atoms with Crippen LogP contribution in [0.1, 0.15) is 5.69 Å². The first-order valence-corrected chi connectivity index (χ1v) is 4.59. The molecular formula is C10H12N4O. The van der Waals surface area contributed by atoms with E-state index in [1.807, 2.05) is 31.3 Å². The Morgan fingerprint density at radius 2 is 2.27 bits per heavy atom. The molecule has 0 spiro atoms. The van der Waals surface area contributed by atoms with Gasteiger partial charge < -0.3 is 10.9 Å². The van der Waals surface area contributed by atoms with E-state index >= 15 is 0 Å². The van der Waals surface area contributed by atoms with Gasteiger partial charge in [-0.2, -0.15) is 5.10 Å². The number of para-hydroxylation sites is 1. The highest BCUT2D eigenvalue weighted by Crippen LogP contribution is 2.17. The number of amidine groups is 1. The van der Waals surface area contributed by atoms with Gasteiger partial charge in [0.15, 0.2) is 0 Å². The summed E-state index contributed by atoms with van der Waals surface area (Å²) < 4.78 is 1.79. The van der Waals surface area contributed by atoms with E-state index in [4.69, 9.17) is 10.9 Å². The van der Waals surface area contributed by atoms with Gasteiger partial charge in [0.05, 0.1) is 17.6 Å². The molecule has 0 saturated carbocycles. The molecule has 0 unspecified atom stereocenters. The third kappa shape index (κ3) is 1.63. The van der Waals surface area contributed by atoms with Crippen LogP contribution in [0.4, 0.5) is 0 Å². The van der Waals surface area contributed by atoms with Crippen molar-refractivity contribution in [3.05, 3.63) is 30.0 Å². The molecule has 1 aromatic heterocycles. The molecule has 0 saturated heterocycles. The molecule has 0 amide bonds. The number of oxime groups is 1. The zero-order valence-corrected chi connectivity index (χ0v) is 8.38. The summed E-state index contributed by atoms with van der Waals surface area (Å²) in [6, 6.07) is 7.86. The van der Waals surface area contributed by atoms with Crippen molar-refractivity contribution in [3.63, 3.8) is 0 Å². The first-order valence-electron chi connectivity index (χ1n) is 4.59. The van der Waals surface area contributed by atoms with Crippen molar-refractivity contribution in [3.8, 4) is 0 Å². The lowest BCUT2D eigenvalue weighted by molar-refractivity contribution is 0.317. The molecule has 0 bridgehead atoms. The summed E-state index contributed by atoms with van der Waals surface area (Å²) in [5.74, 6) is 0.166. The molecule has 5 nitrogen and oxygen atoms in total. The second-order valence-corrected chi connectivity index (χ2v) is 3.36. The van der Waals surface area contributed by atoms with Gasteiger partial charge in [0.1, 0.15) is 5.84 Å². The zero-order chi connectivity index (χ0) is 10.8. The van der Waals surface area contributed by atoms with Gasteiger partial charge in [-0.05, 0) is 6.07 Å². The molecule has 15 heavy (non-hydrogen) atoms. The third-order valence-electron chi connectivity index (χ3n) is 2.31. The summed E-state index contributed by atoms with van der Waals surface area (Å²) in [4.78, 5) is 0. The fourth-order valence-corrected chi connectivity index (χ4v) is 1.63. The average molecular weight is 204 g/mol. The number of rotatable bonds is 2. The monoisotopic (exact) mass is 204 g/mol. The molecule has 78 valence electrons. The van der Waals surface area contributed by atoms with Crippen LogP contribution in [0.5, 0.6) is 0 Å². The number of fused-ring (bicyclic) bond motifs is 1. The van der Waals surface area contributed by atoms with Crippen LogP contribution in [0.15, 0.2) is 29.4 Å².